The number of nitrogens with zero attached hydrogens (tertiary/aromatic N) is 2. The van der Waals surface area contributed by atoms with Gasteiger partial charge in [-0.25, -0.2) is 8.42 Å². The van der Waals surface area contributed by atoms with Crippen molar-refractivity contribution in [2.45, 2.75) is 57.1 Å². The molecule has 0 aromatic heterocycles. The topological polar surface area (TPSA) is 105 Å². The molecular formula is C37H43N3O6S. The number of carbonyl (C=O) groups is 2. The van der Waals surface area contributed by atoms with Crippen LogP contribution in [0.2, 0.25) is 0 Å². The highest BCUT2D eigenvalue weighted by Crippen LogP contribution is 2.36. The molecule has 1 N–H and O–H groups in total. The lowest BCUT2D eigenvalue weighted by atomic mass is 10.0. The fourth-order valence-corrected chi connectivity index (χ4v) is 6.55. The summed E-state index contributed by atoms with van der Waals surface area (Å²) in [6, 6.07) is 28.8. The van der Waals surface area contributed by atoms with Crippen molar-refractivity contribution in [2.24, 2.45) is 0 Å². The number of amides is 2. The van der Waals surface area contributed by atoms with Gasteiger partial charge in [-0.05, 0) is 55.7 Å². The highest BCUT2D eigenvalue weighted by molar-refractivity contribution is 7.92. The van der Waals surface area contributed by atoms with Crippen molar-refractivity contribution < 1.29 is 27.5 Å². The fraction of sp³-hybridized carbons (Fsp3) is 0.297. The number of methoxy groups -OCH3 is 2. The van der Waals surface area contributed by atoms with Crippen molar-refractivity contribution in [2.75, 3.05) is 25.1 Å². The van der Waals surface area contributed by atoms with Crippen LogP contribution in [-0.2, 0) is 32.6 Å². The van der Waals surface area contributed by atoms with Gasteiger partial charge >= 0.3 is 0 Å². The SMILES string of the molecule is CC[C@H](C)NC(=O)[C@@H](Cc1ccccc1)N(Cc1ccc(C)cc1)C(=O)CN(c1cc(OC)ccc1OC)S(=O)(=O)c1ccccc1. The lowest BCUT2D eigenvalue weighted by Crippen LogP contribution is -2.54. The van der Waals surface area contributed by atoms with Crippen LogP contribution >= 0.6 is 0 Å². The van der Waals surface area contributed by atoms with Gasteiger partial charge in [-0.1, -0.05) is 85.3 Å². The lowest BCUT2D eigenvalue weighted by molar-refractivity contribution is -0.140. The summed E-state index contributed by atoms with van der Waals surface area (Å²) in [5, 5.41) is 3.05. The molecule has 2 amide bonds. The van der Waals surface area contributed by atoms with E-state index in [-0.39, 0.29) is 41.2 Å². The predicted octanol–water partition coefficient (Wildman–Crippen LogP) is 5.76. The van der Waals surface area contributed by atoms with Crippen molar-refractivity contribution in [1.29, 1.82) is 0 Å². The smallest absolute Gasteiger partial charge is 0.264 e. The third kappa shape index (κ3) is 8.92. The van der Waals surface area contributed by atoms with E-state index >= 15 is 0 Å². The Morgan fingerprint density at radius 1 is 0.830 bits per heavy atom. The van der Waals surface area contributed by atoms with E-state index in [1.165, 1.54) is 37.3 Å². The molecule has 0 aliphatic heterocycles. The summed E-state index contributed by atoms with van der Waals surface area (Å²) in [6.45, 7) is 5.33. The van der Waals surface area contributed by atoms with E-state index < -0.39 is 28.5 Å². The van der Waals surface area contributed by atoms with Gasteiger partial charge in [0.05, 0.1) is 24.8 Å². The Morgan fingerprint density at radius 3 is 2.06 bits per heavy atom. The van der Waals surface area contributed by atoms with E-state index in [1.54, 1.807) is 30.3 Å². The molecule has 0 saturated carbocycles. The second kappa shape index (κ2) is 16.1. The Morgan fingerprint density at radius 2 is 1.47 bits per heavy atom. The molecule has 4 aromatic rings. The predicted molar refractivity (Wildman–Crippen MR) is 184 cm³/mol. The molecule has 0 fully saturated rings. The maximum Gasteiger partial charge on any atom is 0.264 e. The quantitative estimate of drug-likeness (QED) is 0.174. The number of carbonyl (C=O) groups excluding carboxylic acids is 2. The first-order valence-corrected chi connectivity index (χ1v) is 17.0. The monoisotopic (exact) mass is 657 g/mol. The van der Waals surface area contributed by atoms with Crippen LogP contribution in [0.3, 0.4) is 0 Å². The molecule has 9 nitrogen and oxygen atoms in total. The number of rotatable bonds is 15. The van der Waals surface area contributed by atoms with E-state index in [9.17, 15) is 18.0 Å². The Labute approximate surface area is 278 Å². The van der Waals surface area contributed by atoms with Crippen LogP contribution in [0.15, 0.2) is 108 Å². The van der Waals surface area contributed by atoms with Gasteiger partial charge in [-0.3, -0.25) is 13.9 Å². The number of hydrogen-bond acceptors (Lipinski definition) is 6. The molecule has 0 spiro atoms. The number of benzene rings is 4. The Bertz CT molecular complexity index is 1730. The van der Waals surface area contributed by atoms with Crippen molar-refractivity contribution in [3.63, 3.8) is 0 Å². The van der Waals surface area contributed by atoms with Crippen molar-refractivity contribution in [3.8, 4) is 11.5 Å². The second-order valence-corrected chi connectivity index (χ2v) is 13.3. The second-order valence-electron chi connectivity index (χ2n) is 11.4. The van der Waals surface area contributed by atoms with Gasteiger partial charge in [0, 0.05) is 25.1 Å². The van der Waals surface area contributed by atoms with Crippen LogP contribution in [0, 0.1) is 6.92 Å². The maximum atomic E-state index is 14.7. The number of sulfonamides is 1. The van der Waals surface area contributed by atoms with Crippen LogP contribution < -0.4 is 19.1 Å². The first-order valence-electron chi connectivity index (χ1n) is 15.6. The first kappa shape index (κ1) is 35.0. The van der Waals surface area contributed by atoms with Gasteiger partial charge in [0.2, 0.25) is 11.8 Å². The van der Waals surface area contributed by atoms with E-state index in [1.807, 2.05) is 75.4 Å². The van der Waals surface area contributed by atoms with E-state index in [2.05, 4.69) is 5.32 Å². The van der Waals surface area contributed by atoms with Crippen molar-refractivity contribution in [3.05, 3.63) is 120 Å². The molecular weight excluding hydrogens is 614 g/mol. The van der Waals surface area contributed by atoms with E-state index in [0.717, 1.165) is 21.0 Å². The Kier molecular flexibility index (Phi) is 12.0. The summed E-state index contributed by atoms with van der Waals surface area (Å²) in [5.41, 5.74) is 2.84. The minimum atomic E-state index is -4.30. The molecule has 2 atom stereocenters. The molecule has 248 valence electrons. The molecule has 4 rings (SSSR count). The molecule has 4 aromatic carbocycles. The zero-order valence-electron chi connectivity index (χ0n) is 27.6. The summed E-state index contributed by atoms with van der Waals surface area (Å²) >= 11 is 0. The molecule has 0 unspecified atom stereocenters. The fourth-order valence-electron chi connectivity index (χ4n) is 5.11. The number of hydrogen-bond donors (Lipinski definition) is 1. The van der Waals surface area contributed by atoms with Gasteiger partial charge in [-0.2, -0.15) is 0 Å². The van der Waals surface area contributed by atoms with Gasteiger partial charge in [0.1, 0.15) is 24.1 Å². The average molecular weight is 658 g/mol. The van der Waals surface area contributed by atoms with Crippen LogP contribution in [0.25, 0.3) is 0 Å². The summed E-state index contributed by atoms with van der Waals surface area (Å²) in [4.78, 5) is 30.2. The normalized spacial score (nSPS) is 12.4. The van der Waals surface area contributed by atoms with Crippen LogP contribution in [0.4, 0.5) is 5.69 Å². The summed E-state index contributed by atoms with van der Waals surface area (Å²) in [6.07, 6.45) is 0.934. The van der Waals surface area contributed by atoms with Gasteiger partial charge < -0.3 is 19.7 Å². The molecule has 0 aliphatic carbocycles. The number of nitrogens with one attached hydrogen (secondary N) is 1. The molecule has 47 heavy (non-hydrogen) atoms. The standard InChI is InChI=1S/C37H43N3O6S/c1-6-28(3)38-37(42)34(23-29-13-9-7-10-14-29)39(25-30-19-17-27(2)18-20-30)36(41)26-40(47(43,44)32-15-11-8-12-16-32)33-24-31(45-4)21-22-35(33)46-5/h7-22,24,28,34H,6,23,25-26H2,1-5H3,(H,38,42)/t28-,34+/m0/s1. The van der Waals surface area contributed by atoms with Crippen molar-refractivity contribution >= 4 is 27.5 Å². The lowest BCUT2D eigenvalue weighted by Gasteiger charge is -2.34. The zero-order chi connectivity index (χ0) is 34.0. The number of aryl methyl sites for hydroxylation is 1. The minimum absolute atomic E-state index is 0.00175. The number of ether oxygens (including phenoxy) is 2. The molecule has 0 heterocycles. The zero-order valence-corrected chi connectivity index (χ0v) is 28.4. The maximum absolute atomic E-state index is 14.7. The Balaban J connectivity index is 1.86. The number of anilines is 1. The highest BCUT2D eigenvalue weighted by Gasteiger charge is 2.36. The largest absolute Gasteiger partial charge is 0.497 e. The highest BCUT2D eigenvalue weighted by atomic mass is 32.2. The van der Waals surface area contributed by atoms with Crippen LogP contribution in [-0.4, -0.2) is 58.0 Å². The minimum Gasteiger partial charge on any atom is -0.497 e. The summed E-state index contributed by atoms with van der Waals surface area (Å²) in [7, 11) is -1.39. The molecule has 0 radical (unpaired) electrons. The molecule has 0 saturated heterocycles. The molecule has 0 bridgehead atoms. The first-order chi connectivity index (χ1) is 22.6. The van der Waals surface area contributed by atoms with Gasteiger partial charge in [0.25, 0.3) is 10.0 Å². The third-order valence-corrected chi connectivity index (χ3v) is 9.78. The molecule has 10 heteroatoms. The summed E-state index contributed by atoms with van der Waals surface area (Å²) in [5.74, 6) is -0.262. The van der Waals surface area contributed by atoms with E-state index in [4.69, 9.17) is 9.47 Å². The van der Waals surface area contributed by atoms with Crippen molar-refractivity contribution in [1.82, 2.24) is 10.2 Å². The van der Waals surface area contributed by atoms with Gasteiger partial charge in [0.15, 0.2) is 0 Å². The average Bonchev–Trinajstić information content (AvgIpc) is 3.09. The Hall–Kier alpha value is -4.83. The van der Waals surface area contributed by atoms with Crippen LogP contribution in [0.5, 0.6) is 11.5 Å². The van der Waals surface area contributed by atoms with Crippen LogP contribution in [0.1, 0.15) is 37.0 Å². The van der Waals surface area contributed by atoms with Gasteiger partial charge in [-0.15, -0.1) is 0 Å². The summed E-state index contributed by atoms with van der Waals surface area (Å²) < 4.78 is 40.7. The third-order valence-electron chi connectivity index (χ3n) is 8.01. The van der Waals surface area contributed by atoms with E-state index in [0.29, 0.717) is 12.2 Å². The molecule has 0 aliphatic rings.